The predicted octanol–water partition coefficient (Wildman–Crippen LogP) is 7.76. The van der Waals surface area contributed by atoms with Gasteiger partial charge in [-0.25, -0.2) is 0 Å². The maximum atomic E-state index is 4.64. The summed E-state index contributed by atoms with van der Waals surface area (Å²) in [6, 6.07) is 6.45. The molecule has 0 heterocycles. The summed E-state index contributed by atoms with van der Waals surface area (Å²) in [5.41, 5.74) is 5.79. The molecule has 1 rings (SSSR count). The first-order valence-electron chi connectivity index (χ1n) is 8.86. The summed E-state index contributed by atoms with van der Waals surface area (Å²) < 4.78 is 0. The zero-order valence-corrected chi connectivity index (χ0v) is 17.6. The average Bonchev–Trinajstić information content (AvgIpc) is 2.56. The number of thiol groups is 1. The molecular formula is C22H32S2. The Bertz CT molecular complexity index is 621. The van der Waals surface area contributed by atoms with Gasteiger partial charge in [-0.05, 0) is 87.5 Å². The molecule has 0 N–H and O–H groups in total. The molecule has 24 heavy (non-hydrogen) atoms. The van der Waals surface area contributed by atoms with Crippen LogP contribution in [0.3, 0.4) is 0 Å². The van der Waals surface area contributed by atoms with Gasteiger partial charge in [-0.15, -0.1) is 12.6 Å². The molecule has 0 spiro atoms. The molecule has 0 bridgehead atoms. The number of hydrogen-bond donors (Lipinski definition) is 1. The maximum absolute atomic E-state index is 4.64. The fourth-order valence-electron chi connectivity index (χ4n) is 2.87. The molecule has 0 saturated carbocycles. The molecule has 2 heteroatoms. The number of allylic oxidation sites excluding steroid dienone is 4. The first kappa shape index (κ1) is 21.2. The Balaban J connectivity index is 2.61. The predicted molar refractivity (Wildman–Crippen MR) is 115 cm³/mol. The van der Waals surface area contributed by atoms with Crippen molar-refractivity contribution in [1.29, 1.82) is 0 Å². The van der Waals surface area contributed by atoms with Crippen molar-refractivity contribution in [2.75, 3.05) is 0 Å². The van der Waals surface area contributed by atoms with Crippen molar-refractivity contribution in [3.8, 4) is 0 Å². The average molecular weight is 361 g/mol. The van der Waals surface area contributed by atoms with Crippen LogP contribution in [0.2, 0.25) is 0 Å². The van der Waals surface area contributed by atoms with Crippen molar-refractivity contribution in [2.45, 2.75) is 71.6 Å². The number of benzene rings is 1. The van der Waals surface area contributed by atoms with Crippen LogP contribution in [0.1, 0.15) is 65.0 Å². The molecule has 1 aromatic rings. The molecule has 0 radical (unpaired) electrons. The quantitative estimate of drug-likeness (QED) is 0.267. The third kappa shape index (κ3) is 6.57. The van der Waals surface area contributed by atoms with Crippen molar-refractivity contribution in [1.82, 2.24) is 0 Å². The topological polar surface area (TPSA) is 0 Å². The van der Waals surface area contributed by atoms with Gasteiger partial charge in [-0.3, -0.25) is 0 Å². The minimum Gasteiger partial charge on any atom is -0.143 e. The second-order valence-corrected chi connectivity index (χ2v) is 8.16. The van der Waals surface area contributed by atoms with E-state index in [1.165, 1.54) is 40.0 Å². The Kier molecular flexibility index (Phi) is 9.61. The third-order valence-electron chi connectivity index (χ3n) is 4.41. The maximum Gasteiger partial charge on any atom is 0.0104 e. The van der Waals surface area contributed by atoms with Gasteiger partial charge in [0.25, 0.3) is 0 Å². The molecular weight excluding hydrogens is 328 g/mol. The van der Waals surface area contributed by atoms with Gasteiger partial charge in [0.2, 0.25) is 0 Å². The van der Waals surface area contributed by atoms with Crippen molar-refractivity contribution < 1.29 is 0 Å². The van der Waals surface area contributed by atoms with Gasteiger partial charge in [0.05, 0.1) is 0 Å². The summed E-state index contributed by atoms with van der Waals surface area (Å²) in [5, 5.41) is 0. The molecule has 0 unspecified atom stereocenters. The fourth-order valence-corrected chi connectivity index (χ4v) is 4.03. The highest BCUT2D eigenvalue weighted by molar-refractivity contribution is 8.06. The molecule has 0 nitrogen and oxygen atoms in total. The van der Waals surface area contributed by atoms with Crippen molar-refractivity contribution in [3.05, 3.63) is 62.9 Å². The summed E-state index contributed by atoms with van der Waals surface area (Å²) in [5.74, 6) is 0. The van der Waals surface area contributed by atoms with Gasteiger partial charge in [0, 0.05) is 9.80 Å². The molecule has 0 atom stereocenters. The van der Waals surface area contributed by atoms with Crippen molar-refractivity contribution >= 4 is 24.4 Å². The van der Waals surface area contributed by atoms with Crippen LogP contribution in [0.5, 0.6) is 0 Å². The summed E-state index contributed by atoms with van der Waals surface area (Å²) in [4.78, 5) is 3.63. The van der Waals surface area contributed by atoms with Crippen LogP contribution in [-0.4, -0.2) is 0 Å². The van der Waals surface area contributed by atoms with Crippen LogP contribution in [0.25, 0.3) is 0 Å². The molecule has 132 valence electrons. The Morgan fingerprint density at radius 3 is 2.50 bits per heavy atom. The molecule has 0 fully saturated rings. The second kappa shape index (κ2) is 10.9. The first-order chi connectivity index (χ1) is 11.4. The van der Waals surface area contributed by atoms with Crippen molar-refractivity contribution in [3.63, 3.8) is 0 Å². The van der Waals surface area contributed by atoms with Gasteiger partial charge in [-0.1, -0.05) is 49.0 Å². The fraction of sp³-hybridized carbons (Fsp3) is 0.455. The molecule has 0 aliphatic rings. The minimum atomic E-state index is 1.09. The number of aryl methyl sites for hydroxylation is 1. The number of thioether (sulfide) groups is 1. The molecule has 0 aromatic heterocycles. The van der Waals surface area contributed by atoms with Crippen LogP contribution in [0.4, 0.5) is 0 Å². The van der Waals surface area contributed by atoms with E-state index in [-0.39, 0.29) is 0 Å². The molecule has 0 saturated heterocycles. The zero-order chi connectivity index (χ0) is 18.1. The second-order valence-electron chi connectivity index (χ2n) is 6.34. The van der Waals surface area contributed by atoms with E-state index in [2.05, 4.69) is 78.1 Å². The standard InChI is InChI=1S/C22H32S2/c1-7-19-13-11-15-21(23)20(19)14-10-9-12-17(5)18(6)22(8-2)24-16(3)4/h8,11,13,15,23H,3,7,9-10,12,14H2,1-2,4-6H3/b18-17+,22-8-. The van der Waals surface area contributed by atoms with E-state index in [1.807, 2.05) is 0 Å². The highest BCUT2D eigenvalue weighted by Crippen LogP contribution is 2.32. The smallest absolute Gasteiger partial charge is 0.0104 e. The number of hydrogen-bond acceptors (Lipinski definition) is 2. The van der Waals surface area contributed by atoms with E-state index in [9.17, 15) is 0 Å². The van der Waals surface area contributed by atoms with E-state index in [1.54, 1.807) is 11.8 Å². The SMILES string of the molecule is C=C(C)SC(=C\C)/C(C)=C(\C)CCCCc1c(S)cccc1CC. The lowest BCUT2D eigenvalue weighted by molar-refractivity contribution is 0.716. The normalized spacial score (nSPS) is 13.0. The highest BCUT2D eigenvalue weighted by Gasteiger charge is 2.07. The van der Waals surface area contributed by atoms with Gasteiger partial charge < -0.3 is 0 Å². The van der Waals surface area contributed by atoms with Gasteiger partial charge in [-0.2, -0.15) is 0 Å². The van der Waals surface area contributed by atoms with Gasteiger partial charge in [0.1, 0.15) is 0 Å². The van der Waals surface area contributed by atoms with Crippen molar-refractivity contribution in [2.24, 2.45) is 0 Å². The lowest BCUT2D eigenvalue weighted by atomic mass is 9.97. The molecule has 1 aromatic carbocycles. The zero-order valence-electron chi connectivity index (χ0n) is 15.9. The van der Waals surface area contributed by atoms with Crippen LogP contribution < -0.4 is 0 Å². The van der Waals surface area contributed by atoms with Crippen LogP contribution in [0, 0.1) is 0 Å². The Morgan fingerprint density at radius 2 is 1.92 bits per heavy atom. The van der Waals surface area contributed by atoms with E-state index < -0.39 is 0 Å². The van der Waals surface area contributed by atoms with E-state index >= 15 is 0 Å². The Morgan fingerprint density at radius 1 is 1.21 bits per heavy atom. The monoisotopic (exact) mass is 360 g/mol. The summed E-state index contributed by atoms with van der Waals surface area (Å²) in [7, 11) is 0. The van der Waals surface area contributed by atoms with E-state index in [0.29, 0.717) is 0 Å². The Labute approximate surface area is 158 Å². The molecule has 0 amide bonds. The Hall–Kier alpha value is -0.860. The minimum absolute atomic E-state index is 1.09. The number of rotatable bonds is 9. The summed E-state index contributed by atoms with van der Waals surface area (Å²) in [6.07, 6.45) is 8.02. The summed E-state index contributed by atoms with van der Waals surface area (Å²) >= 11 is 6.42. The first-order valence-corrected chi connectivity index (χ1v) is 10.1. The largest absolute Gasteiger partial charge is 0.143 e. The number of unbranched alkanes of at least 4 members (excludes halogenated alkanes) is 1. The van der Waals surface area contributed by atoms with E-state index in [0.717, 1.165) is 29.1 Å². The molecule has 0 aliphatic carbocycles. The summed E-state index contributed by atoms with van der Waals surface area (Å²) in [6.45, 7) is 14.9. The third-order valence-corrected chi connectivity index (χ3v) is 5.94. The van der Waals surface area contributed by atoms with Gasteiger partial charge in [0.15, 0.2) is 0 Å². The van der Waals surface area contributed by atoms with Crippen LogP contribution in [-0.2, 0) is 12.8 Å². The van der Waals surface area contributed by atoms with Crippen LogP contribution >= 0.6 is 24.4 Å². The van der Waals surface area contributed by atoms with Crippen LogP contribution in [0.15, 0.2) is 56.7 Å². The lowest BCUT2D eigenvalue weighted by Gasteiger charge is -2.13. The molecule has 0 aliphatic heterocycles. The van der Waals surface area contributed by atoms with E-state index in [4.69, 9.17) is 0 Å². The lowest BCUT2D eigenvalue weighted by Crippen LogP contribution is -1.96. The highest BCUT2D eigenvalue weighted by atomic mass is 32.2. The van der Waals surface area contributed by atoms with Gasteiger partial charge >= 0.3 is 0 Å².